The van der Waals surface area contributed by atoms with Gasteiger partial charge in [0, 0.05) is 12.1 Å². The number of fused-ring (bicyclic) bond motifs is 1. The number of hydrogen-bond donors (Lipinski definition) is 3. The highest BCUT2D eigenvalue weighted by atomic mass is 16.3. The van der Waals surface area contributed by atoms with Gasteiger partial charge in [-0.15, -0.1) is 0 Å². The van der Waals surface area contributed by atoms with E-state index in [1.54, 1.807) is 0 Å². The lowest BCUT2D eigenvalue weighted by Gasteiger charge is -2.21. The van der Waals surface area contributed by atoms with Gasteiger partial charge in [-0.05, 0) is 30.2 Å². The predicted molar refractivity (Wildman–Crippen MR) is 66.9 cm³/mol. The Morgan fingerprint density at radius 2 is 2.29 bits per heavy atom. The fraction of sp³-hybridized carbons (Fsp3) is 0.462. The van der Waals surface area contributed by atoms with E-state index in [2.05, 4.69) is 16.7 Å². The van der Waals surface area contributed by atoms with Crippen LogP contribution >= 0.6 is 0 Å². The highest BCUT2D eigenvalue weighted by Gasteiger charge is 2.17. The predicted octanol–water partition coefficient (Wildman–Crippen LogP) is 1.21. The Labute approximate surface area is 101 Å². The molecule has 2 rings (SSSR count). The number of carbonyl (C=O) groups is 1. The number of hydrogen-bond acceptors (Lipinski definition) is 3. The zero-order valence-electron chi connectivity index (χ0n) is 9.99. The first-order chi connectivity index (χ1) is 8.24. The first kappa shape index (κ1) is 12.1. The molecule has 1 aliphatic heterocycles. The van der Waals surface area contributed by atoms with E-state index in [0.717, 1.165) is 29.8 Å². The molecule has 1 atom stereocenters. The zero-order chi connectivity index (χ0) is 12.3. The number of carbonyl (C=O) groups excluding carboxylic acids is 1. The minimum absolute atomic E-state index is 0.0251. The van der Waals surface area contributed by atoms with Crippen molar-refractivity contribution in [2.24, 2.45) is 0 Å². The van der Waals surface area contributed by atoms with Gasteiger partial charge in [-0.1, -0.05) is 19.1 Å². The molecule has 1 aliphatic rings. The van der Waals surface area contributed by atoms with Gasteiger partial charge in [0.05, 0.1) is 12.6 Å². The van der Waals surface area contributed by atoms with Crippen LogP contribution in [0.2, 0.25) is 0 Å². The van der Waals surface area contributed by atoms with Gasteiger partial charge in [-0.3, -0.25) is 4.79 Å². The van der Waals surface area contributed by atoms with E-state index < -0.39 is 0 Å². The normalized spacial score (nSPS) is 16.2. The summed E-state index contributed by atoms with van der Waals surface area (Å²) in [6, 6.07) is 5.91. The van der Waals surface area contributed by atoms with E-state index in [-0.39, 0.29) is 18.6 Å². The van der Waals surface area contributed by atoms with Gasteiger partial charge < -0.3 is 15.7 Å². The van der Waals surface area contributed by atoms with Crippen LogP contribution in [0.4, 0.5) is 5.69 Å². The molecular weight excluding hydrogens is 216 g/mol. The molecule has 0 aromatic heterocycles. The van der Waals surface area contributed by atoms with Crippen molar-refractivity contribution in [2.45, 2.75) is 25.8 Å². The highest BCUT2D eigenvalue weighted by Crippen LogP contribution is 2.25. The molecule has 4 heteroatoms. The van der Waals surface area contributed by atoms with Gasteiger partial charge in [0.1, 0.15) is 0 Å². The monoisotopic (exact) mass is 234 g/mol. The third kappa shape index (κ3) is 2.65. The average molecular weight is 234 g/mol. The number of likely N-dealkylation sites (N-methyl/N-ethyl adjacent to an activating group) is 1. The Morgan fingerprint density at radius 1 is 1.47 bits per heavy atom. The number of benzene rings is 1. The SMILES string of the molecule is CCNC(CO)c1ccc2c(c1)CCC(=O)N2. The lowest BCUT2D eigenvalue weighted by molar-refractivity contribution is -0.116. The van der Waals surface area contributed by atoms with Crippen molar-refractivity contribution < 1.29 is 9.90 Å². The molecule has 0 fully saturated rings. The zero-order valence-corrected chi connectivity index (χ0v) is 9.99. The van der Waals surface area contributed by atoms with Crippen molar-refractivity contribution in [2.75, 3.05) is 18.5 Å². The molecule has 1 amide bonds. The van der Waals surface area contributed by atoms with E-state index in [4.69, 9.17) is 0 Å². The maximum Gasteiger partial charge on any atom is 0.224 e. The summed E-state index contributed by atoms with van der Waals surface area (Å²) < 4.78 is 0. The van der Waals surface area contributed by atoms with Crippen LogP contribution in [0.3, 0.4) is 0 Å². The first-order valence-electron chi connectivity index (χ1n) is 6.01. The molecule has 0 saturated carbocycles. The van der Waals surface area contributed by atoms with Crippen LogP contribution in [0.25, 0.3) is 0 Å². The maximum absolute atomic E-state index is 11.2. The number of aliphatic hydroxyl groups excluding tert-OH is 1. The smallest absolute Gasteiger partial charge is 0.224 e. The lowest BCUT2D eigenvalue weighted by Crippen LogP contribution is -2.25. The Kier molecular flexibility index (Phi) is 3.76. The summed E-state index contributed by atoms with van der Waals surface area (Å²) in [5, 5.41) is 15.4. The second kappa shape index (κ2) is 5.29. The van der Waals surface area contributed by atoms with Crippen molar-refractivity contribution in [1.29, 1.82) is 0 Å². The molecule has 0 radical (unpaired) electrons. The number of nitrogens with one attached hydrogen (secondary N) is 2. The number of rotatable bonds is 4. The van der Waals surface area contributed by atoms with Crippen LogP contribution in [0, 0.1) is 0 Å². The maximum atomic E-state index is 11.2. The van der Waals surface area contributed by atoms with E-state index in [0.29, 0.717) is 6.42 Å². The molecule has 17 heavy (non-hydrogen) atoms. The second-order valence-corrected chi connectivity index (χ2v) is 4.26. The fourth-order valence-corrected chi connectivity index (χ4v) is 2.15. The van der Waals surface area contributed by atoms with Crippen molar-refractivity contribution in [3.8, 4) is 0 Å². The van der Waals surface area contributed by atoms with Gasteiger partial charge >= 0.3 is 0 Å². The van der Waals surface area contributed by atoms with Crippen LogP contribution in [0.1, 0.15) is 30.5 Å². The van der Waals surface area contributed by atoms with Gasteiger partial charge in [0.25, 0.3) is 0 Å². The van der Waals surface area contributed by atoms with Crippen LogP contribution in [0.15, 0.2) is 18.2 Å². The molecule has 1 aromatic rings. The van der Waals surface area contributed by atoms with Crippen LogP contribution in [0.5, 0.6) is 0 Å². The van der Waals surface area contributed by atoms with Gasteiger partial charge in [0.15, 0.2) is 0 Å². The fourth-order valence-electron chi connectivity index (χ4n) is 2.15. The molecule has 1 heterocycles. The summed E-state index contributed by atoms with van der Waals surface area (Å²) in [6.45, 7) is 2.92. The number of aryl methyl sites for hydroxylation is 1. The molecule has 0 saturated heterocycles. The van der Waals surface area contributed by atoms with E-state index in [9.17, 15) is 9.90 Å². The highest BCUT2D eigenvalue weighted by molar-refractivity contribution is 5.93. The van der Waals surface area contributed by atoms with Gasteiger partial charge in [-0.25, -0.2) is 0 Å². The van der Waals surface area contributed by atoms with Crippen LogP contribution in [-0.2, 0) is 11.2 Å². The van der Waals surface area contributed by atoms with E-state index in [1.165, 1.54) is 0 Å². The van der Waals surface area contributed by atoms with Crippen molar-refractivity contribution in [3.63, 3.8) is 0 Å². The van der Waals surface area contributed by atoms with Gasteiger partial charge in [0.2, 0.25) is 5.91 Å². The van der Waals surface area contributed by atoms with E-state index in [1.807, 2.05) is 19.1 Å². The molecule has 1 unspecified atom stereocenters. The number of anilines is 1. The minimum atomic E-state index is -0.0251. The summed E-state index contributed by atoms with van der Waals surface area (Å²) in [5.74, 6) is 0.0793. The standard InChI is InChI=1S/C13H18N2O2/c1-2-14-12(8-16)10-3-5-11-9(7-10)4-6-13(17)15-11/h3,5,7,12,14,16H,2,4,6,8H2,1H3,(H,15,17). The number of amides is 1. The molecule has 0 bridgehead atoms. The molecule has 0 aliphatic carbocycles. The molecule has 0 spiro atoms. The minimum Gasteiger partial charge on any atom is -0.394 e. The Bertz CT molecular complexity index is 418. The van der Waals surface area contributed by atoms with E-state index >= 15 is 0 Å². The van der Waals surface area contributed by atoms with Crippen molar-refractivity contribution >= 4 is 11.6 Å². The molecular formula is C13H18N2O2. The summed E-state index contributed by atoms with van der Waals surface area (Å²) in [6.07, 6.45) is 1.32. The largest absolute Gasteiger partial charge is 0.394 e. The third-order valence-corrected chi connectivity index (χ3v) is 3.06. The molecule has 3 N–H and O–H groups in total. The third-order valence-electron chi connectivity index (χ3n) is 3.06. The van der Waals surface area contributed by atoms with Crippen LogP contribution in [-0.4, -0.2) is 24.2 Å². The molecule has 92 valence electrons. The average Bonchev–Trinajstić information content (AvgIpc) is 2.35. The summed E-state index contributed by atoms with van der Waals surface area (Å²) in [5.41, 5.74) is 3.13. The van der Waals surface area contributed by atoms with Crippen LogP contribution < -0.4 is 10.6 Å². The lowest BCUT2D eigenvalue weighted by atomic mass is 9.97. The summed E-state index contributed by atoms with van der Waals surface area (Å²) >= 11 is 0. The van der Waals surface area contributed by atoms with Gasteiger partial charge in [-0.2, -0.15) is 0 Å². The molecule has 4 nitrogen and oxygen atoms in total. The Hall–Kier alpha value is -1.39. The Balaban J connectivity index is 2.23. The number of aliphatic hydroxyl groups is 1. The second-order valence-electron chi connectivity index (χ2n) is 4.26. The Morgan fingerprint density at radius 3 is 3.00 bits per heavy atom. The summed E-state index contributed by atoms with van der Waals surface area (Å²) in [7, 11) is 0. The summed E-state index contributed by atoms with van der Waals surface area (Å²) in [4.78, 5) is 11.2. The topological polar surface area (TPSA) is 61.4 Å². The van der Waals surface area contributed by atoms with Crippen molar-refractivity contribution in [1.82, 2.24) is 5.32 Å². The van der Waals surface area contributed by atoms with Crippen molar-refractivity contribution in [3.05, 3.63) is 29.3 Å². The quantitative estimate of drug-likeness (QED) is 0.734. The first-order valence-corrected chi connectivity index (χ1v) is 6.01. The molecule has 1 aromatic carbocycles.